The van der Waals surface area contributed by atoms with Gasteiger partial charge in [-0.3, -0.25) is 24.4 Å². The normalized spacial score (nSPS) is 10.8. The van der Waals surface area contributed by atoms with E-state index in [1.807, 2.05) is 0 Å². The van der Waals surface area contributed by atoms with Crippen molar-refractivity contribution in [3.63, 3.8) is 0 Å². The first-order valence-corrected chi connectivity index (χ1v) is 11.2. The zero-order chi connectivity index (χ0) is 24.9. The first kappa shape index (κ1) is 24.2. The number of benzene rings is 3. The van der Waals surface area contributed by atoms with E-state index >= 15 is 0 Å². The van der Waals surface area contributed by atoms with Crippen LogP contribution in [-0.2, 0) is 14.8 Å². The van der Waals surface area contributed by atoms with Crippen LogP contribution in [0.4, 0.5) is 22.7 Å². The van der Waals surface area contributed by atoms with Crippen molar-refractivity contribution in [3.05, 3.63) is 82.4 Å². The third-order valence-electron chi connectivity index (χ3n) is 4.51. The molecule has 34 heavy (non-hydrogen) atoms. The maximum Gasteiger partial charge on any atom is 0.271 e. The highest BCUT2D eigenvalue weighted by atomic mass is 32.2. The molecule has 2 amide bonds. The number of anilines is 3. The van der Waals surface area contributed by atoms with Crippen molar-refractivity contribution >= 4 is 44.6 Å². The van der Waals surface area contributed by atoms with Crippen molar-refractivity contribution in [1.29, 1.82) is 0 Å². The second-order valence-electron chi connectivity index (χ2n) is 6.99. The van der Waals surface area contributed by atoms with Crippen LogP contribution < -0.4 is 20.1 Å². The first-order valence-electron chi connectivity index (χ1n) is 9.73. The molecule has 176 valence electrons. The molecule has 0 aliphatic heterocycles. The minimum absolute atomic E-state index is 0.0995. The number of hydrogen-bond acceptors (Lipinski definition) is 7. The van der Waals surface area contributed by atoms with Gasteiger partial charge in [-0.15, -0.1) is 0 Å². The highest BCUT2D eigenvalue weighted by Gasteiger charge is 2.20. The lowest BCUT2D eigenvalue weighted by molar-refractivity contribution is -0.384. The van der Waals surface area contributed by atoms with E-state index in [1.54, 1.807) is 24.3 Å². The van der Waals surface area contributed by atoms with E-state index in [0.717, 1.165) is 6.07 Å². The number of nitrogens with zero attached hydrogens (tertiary/aromatic N) is 1. The van der Waals surface area contributed by atoms with Crippen molar-refractivity contribution < 1.29 is 27.7 Å². The Kier molecular flexibility index (Phi) is 7.12. The fourth-order valence-electron chi connectivity index (χ4n) is 2.96. The molecule has 0 radical (unpaired) electrons. The Morgan fingerprint density at radius 3 is 2.18 bits per heavy atom. The molecule has 12 heteroatoms. The number of methoxy groups -OCH3 is 1. The molecular weight excluding hydrogens is 464 g/mol. The number of nitro groups is 1. The summed E-state index contributed by atoms with van der Waals surface area (Å²) in [5.74, 6) is -0.638. The Bertz CT molecular complexity index is 1360. The van der Waals surface area contributed by atoms with E-state index in [-0.39, 0.29) is 33.5 Å². The van der Waals surface area contributed by atoms with Crippen molar-refractivity contribution in [3.8, 4) is 5.75 Å². The highest BCUT2D eigenvalue weighted by Crippen LogP contribution is 2.31. The molecular formula is C22H20N4O7S. The summed E-state index contributed by atoms with van der Waals surface area (Å²) in [4.78, 5) is 33.9. The molecule has 0 unspecified atom stereocenters. The Labute approximate surface area is 195 Å². The average molecular weight is 484 g/mol. The maximum absolute atomic E-state index is 12.8. The summed E-state index contributed by atoms with van der Waals surface area (Å²) in [6, 6.07) is 15.2. The number of ether oxygens (including phenoxy) is 1. The van der Waals surface area contributed by atoms with E-state index in [9.17, 15) is 28.1 Å². The molecule has 3 aromatic carbocycles. The lowest BCUT2D eigenvalue weighted by Crippen LogP contribution is -2.15. The van der Waals surface area contributed by atoms with Crippen LogP contribution in [0.1, 0.15) is 17.3 Å². The summed E-state index contributed by atoms with van der Waals surface area (Å²) in [7, 11) is -2.83. The van der Waals surface area contributed by atoms with Gasteiger partial charge in [0, 0.05) is 36.0 Å². The molecule has 3 N–H and O–H groups in total. The molecule has 3 aromatic rings. The number of rotatable bonds is 8. The van der Waals surface area contributed by atoms with Crippen molar-refractivity contribution in [2.24, 2.45) is 0 Å². The van der Waals surface area contributed by atoms with Crippen LogP contribution >= 0.6 is 0 Å². The zero-order valence-corrected chi connectivity index (χ0v) is 18.9. The number of amides is 2. The topological polar surface area (TPSA) is 157 Å². The summed E-state index contributed by atoms with van der Waals surface area (Å²) >= 11 is 0. The predicted molar refractivity (Wildman–Crippen MR) is 126 cm³/mol. The molecule has 0 bridgehead atoms. The molecule has 0 spiro atoms. The maximum atomic E-state index is 12.8. The molecule has 0 saturated heterocycles. The van der Waals surface area contributed by atoms with Gasteiger partial charge in [0.2, 0.25) is 5.91 Å². The fraction of sp³-hybridized carbons (Fsp3) is 0.0909. The standard InChI is InChI=1S/C22H20N4O7S/c1-14(27)23-16-4-3-5-17(12-16)24-22(28)15-6-9-19(10-7-15)34(31,32)25-20-13-18(26(29)30)8-11-21(20)33-2/h3-13,25H,1-2H3,(H,23,27)(H,24,28). The first-order chi connectivity index (χ1) is 16.1. The summed E-state index contributed by atoms with van der Waals surface area (Å²) in [5.41, 5.74) is 0.726. The van der Waals surface area contributed by atoms with E-state index in [2.05, 4.69) is 15.4 Å². The molecule has 0 aliphatic carbocycles. The number of non-ortho nitro benzene ring substituents is 1. The molecule has 0 fully saturated rings. The molecule has 0 heterocycles. The third-order valence-corrected chi connectivity index (χ3v) is 5.89. The van der Waals surface area contributed by atoms with Gasteiger partial charge in [-0.05, 0) is 48.5 Å². The number of nitrogens with one attached hydrogen (secondary N) is 3. The van der Waals surface area contributed by atoms with Gasteiger partial charge in [-0.2, -0.15) is 0 Å². The van der Waals surface area contributed by atoms with Gasteiger partial charge in [-0.25, -0.2) is 8.42 Å². The minimum Gasteiger partial charge on any atom is -0.495 e. The monoisotopic (exact) mass is 484 g/mol. The van der Waals surface area contributed by atoms with Crippen LogP contribution in [0.15, 0.2) is 71.6 Å². The van der Waals surface area contributed by atoms with Crippen LogP contribution in [0.5, 0.6) is 5.75 Å². The van der Waals surface area contributed by atoms with Crippen molar-refractivity contribution in [2.45, 2.75) is 11.8 Å². The smallest absolute Gasteiger partial charge is 0.271 e. The Morgan fingerprint density at radius 2 is 1.59 bits per heavy atom. The lowest BCUT2D eigenvalue weighted by Gasteiger charge is -2.12. The summed E-state index contributed by atoms with van der Waals surface area (Å²) in [5, 5.41) is 16.3. The van der Waals surface area contributed by atoms with Crippen LogP contribution in [0.3, 0.4) is 0 Å². The molecule has 11 nitrogen and oxygen atoms in total. The predicted octanol–water partition coefficient (Wildman–Crippen LogP) is 3.61. The van der Waals surface area contributed by atoms with Gasteiger partial charge in [0.15, 0.2) is 0 Å². The number of hydrogen-bond donors (Lipinski definition) is 3. The van der Waals surface area contributed by atoms with E-state index in [1.165, 1.54) is 50.4 Å². The van der Waals surface area contributed by atoms with Gasteiger partial charge in [0.25, 0.3) is 21.6 Å². The number of carbonyl (C=O) groups excluding carboxylic acids is 2. The molecule has 3 rings (SSSR count). The summed E-state index contributed by atoms with van der Waals surface area (Å²) < 4.78 is 32.9. The Morgan fingerprint density at radius 1 is 0.941 bits per heavy atom. The summed E-state index contributed by atoms with van der Waals surface area (Å²) in [6.07, 6.45) is 0. The molecule has 0 atom stereocenters. The van der Waals surface area contributed by atoms with E-state index < -0.39 is 20.9 Å². The van der Waals surface area contributed by atoms with Crippen molar-refractivity contribution in [2.75, 3.05) is 22.5 Å². The fourth-order valence-corrected chi connectivity index (χ4v) is 4.02. The van der Waals surface area contributed by atoms with E-state index in [0.29, 0.717) is 11.4 Å². The molecule has 0 saturated carbocycles. The van der Waals surface area contributed by atoms with Gasteiger partial charge in [-0.1, -0.05) is 6.07 Å². The van der Waals surface area contributed by atoms with Crippen LogP contribution in [0.25, 0.3) is 0 Å². The van der Waals surface area contributed by atoms with Gasteiger partial charge in [0.05, 0.1) is 22.6 Å². The number of nitro benzene ring substituents is 1. The van der Waals surface area contributed by atoms with Crippen LogP contribution in [-0.4, -0.2) is 32.3 Å². The quantitative estimate of drug-likeness (QED) is 0.325. The second-order valence-corrected chi connectivity index (χ2v) is 8.67. The van der Waals surface area contributed by atoms with Crippen LogP contribution in [0, 0.1) is 10.1 Å². The summed E-state index contributed by atoms with van der Waals surface area (Å²) in [6.45, 7) is 1.37. The lowest BCUT2D eigenvalue weighted by atomic mass is 10.2. The average Bonchev–Trinajstić information content (AvgIpc) is 2.78. The van der Waals surface area contributed by atoms with Gasteiger partial charge >= 0.3 is 0 Å². The van der Waals surface area contributed by atoms with Gasteiger partial charge in [0.1, 0.15) is 5.75 Å². The van der Waals surface area contributed by atoms with Crippen molar-refractivity contribution in [1.82, 2.24) is 0 Å². The second kappa shape index (κ2) is 10.0. The zero-order valence-electron chi connectivity index (χ0n) is 18.1. The SMILES string of the molecule is COc1ccc([N+](=O)[O-])cc1NS(=O)(=O)c1ccc(C(=O)Nc2cccc(NC(C)=O)c2)cc1. The Balaban J connectivity index is 1.77. The van der Waals surface area contributed by atoms with Gasteiger partial charge < -0.3 is 15.4 Å². The molecule has 0 aromatic heterocycles. The highest BCUT2D eigenvalue weighted by molar-refractivity contribution is 7.92. The Hall–Kier alpha value is -4.45. The minimum atomic E-state index is -4.13. The number of carbonyl (C=O) groups is 2. The van der Waals surface area contributed by atoms with E-state index in [4.69, 9.17) is 4.74 Å². The van der Waals surface area contributed by atoms with Crippen LogP contribution in [0.2, 0.25) is 0 Å². The molecule has 0 aliphatic rings. The largest absolute Gasteiger partial charge is 0.495 e. The third kappa shape index (κ3) is 5.86. The number of sulfonamides is 1.